The van der Waals surface area contributed by atoms with E-state index in [1.54, 1.807) is 0 Å². The summed E-state index contributed by atoms with van der Waals surface area (Å²) in [5, 5.41) is 10.7. The number of nitrogens with one attached hydrogen (secondary N) is 1. The molecule has 1 aromatic heterocycles. The highest BCUT2D eigenvalue weighted by Crippen LogP contribution is 2.34. The molecule has 0 aliphatic rings. The van der Waals surface area contributed by atoms with Crippen LogP contribution in [0.5, 0.6) is 5.88 Å². The van der Waals surface area contributed by atoms with Crippen molar-refractivity contribution in [1.82, 2.24) is 10.3 Å². The molecule has 0 fully saturated rings. The number of carboxylic acid groups (broad SMARTS) is 1. The third kappa shape index (κ3) is 6.11. The number of nitrogens with zero attached hydrogens (tertiary/aromatic N) is 1. The van der Waals surface area contributed by atoms with E-state index in [0.29, 0.717) is 0 Å². The van der Waals surface area contributed by atoms with Crippen molar-refractivity contribution >= 4 is 11.9 Å². The minimum Gasteiger partial charge on any atom is -0.481 e. The molecule has 0 aromatic carbocycles. The highest BCUT2D eigenvalue weighted by Gasteiger charge is 2.34. The lowest BCUT2D eigenvalue weighted by molar-refractivity contribution is -0.139. The lowest BCUT2D eigenvalue weighted by atomic mass is 10.2. The first-order valence-electron chi connectivity index (χ1n) is 5.94. The van der Waals surface area contributed by atoms with Crippen molar-refractivity contribution in [3.63, 3.8) is 0 Å². The molecule has 0 saturated carbocycles. The SMILES string of the molecule is O=C(O)CCC(=O)NCCOc1ncccc1C(F)(F)F. The summed E-state index contributed by atoms with van der Waals surface area (Å²) in [5.41, 5.74) is -0.998. The molecule has 0 spiro atoms. The number of ether oxygens (including phenoxy) is 1. The number of pyridine rings is 1. The van der Waals surface area contributed by atoms with E-state index in [-0.39, 0.29) is 26.0 Å². The quantitative estimate of drug-likeness (QED) is 0.745. The Morgan fingerprint density at radius 1 is 1.33 bits per heavy atom. The Labute approximate surface area is 117 Å². The number of rotatable bonds is 7. The van der Waals surface area contributed by atoms with Gasteiger partial charge in [-0.1, -0.05) is 0 Å². The second-order valence-corrected chi connectivity index (χ2v) is 3.95. The molecule has 0 unspecified atom stereocenters. The Bertz CT molecular complexity index is 506. The van der Waals surface area contributed by atoms with E-state index in [1.165, 1.54) is 0 Å². The number of carbonyl (C=O) groups excluding carboxylic acids is 1. The Morgan fingerprint density at radius 2 is 2.05 bits per heavy atom. The number of aliphatic carboxylic acids is 1. The van der Waals surface area contributed by atoms with Crippen LogP contribution in [-0.2, 0) is 15.8 Å². The van der Waals surface area contributed by atoms with E-state index in [4.69, 9.17) is 9.84 Å². The van der Waals surface area contributed by atoms with Gasteiger partial charge in [0.1, 0.15) is 12.2 Å². The van der Waals surface area contributed by atoms with E-state index in [1.807, 2.05) is 0 Å². The lowest BCUT2D eigenvalue weighted by Gasteiger charge is -2.12. The molecular weight excluding hydrogens is 293 g/mol. The highest BCUT2D eigenvalue weighted by molar-refractivity contribution is 5.80. The van der Waals surface area contributed by atoms with Crippen LogP contribution in [0.1, 0.15) is 18.4 Å². The van der Waals surface area contributed by atoms with Gasteiger partial charge in [0.25, 0.3) is 0 Å². The Morgan fingerprint density at radius 3 is 2.67 bits per heavy atom. The number of aromatic nitrogens is 1. The summed E-state index contributed by atoms with van der Waals surface area (Å²) < 4.78 is 42.7. The molecule has 6 nitrogen and oxygen atoms in total. The van der Waals surface area contributed by atoms with E-state index in [9.17, 15) is 22.8 Å². The van der Waals surface area contributed by atoms with Crippen LogP contribution >= 0.6 is 0 Å². The molecule has 116 valence electrons. The molecule has 0 saturated heterocycles. The number of carboxylic acids is 1. The molecule has 1 aromatic rings. The van der Waals surface area contributed by atoms with E-state index < -0.39 is 29.5 Å². The second-order valence-electron chi connectivity index (χ2n) is 3.95. The molecule has 0 atom stereocenters. The van der Waals surface area contributed by atoms with Crippen LogP contribution in [0.3, 0.4) is 0 Å². The van der Waals surface area contributed by atoms with Crippen LogP contribution in [-0.4, -0.2) is 35.1 Å². The van der Waals surface area contributed by atoms with Crippen molar-refractivity contribution in [3.8, 4) is 5.88 Å². The van der Waals surface area contributed by atoms with Crippen molar-refractivity contribution < 1.29 is 32.6 Å². The highest BCUT2D eigenvalue weighted by atomic mass is 19.4. The van der Waals surface area contributed by atoms with Gasteiger partial charge in [0.15, 0.2) is 0 Å². The van der Waals surface area contributed by atoms with Gasteiger partial charge in [0.2, 0.25) is 11.8 Å². The summed E-state index contributed by atoms with van der Waals surface area (Å²) in [6.07, 6.45) is -3.93. The van der Waals surface area contributed by atoms with Crippen LogP contribution in [0.2, 0.25) is 0 Å². The van der Waals surface area contributed by atoms with E-state index in [2.05, 4.69) is 10.3 Å². The summed E-state index contributed by atoms with van der Waals surface area (Å²) in [6, 6.07) is 1.98. The smallest absolute Gasteiger partial charge is 0.421 e. The minimum atomic E-state index is -4.58. The number of amides is 1. The maximum absolute atomic E-state index is 12.6. The van der Waals surface area contributed by atoms with Crippen LogP contribution in [0, 0.1) is 0 Å². The fourth-order valence-electron chi connectivity index (χ4n) is 1.37. The number of hydrogen-bond acceptors (Lipinski definition) is 4. The van der Waals surface area contributed by atoms with Gasteiger partial charge in [0, 0.05) is 12.6 Å². The molecule has 1 rings (SSSR count). The van der Waals surface area contributed by atoms with Gasteiger partial charge in [0.05, 0.1) is 13.0 Å². The summed E-state index contributed by atoms with van der Waals surface area (Å²) in [7, 11) is 0. The van der Waals surface area contributed by atoms with Gasteiger partial charge in [-0.05, 0) is 12.1 Å². The van der Waals surface area contributed by atoms with E-state index >= 15 is 0 Å². The van der Waals surface area contributed by atoms with Crippen LogP contribution in [0.25, 0.3) is 0 Å². The Balaban J connectivity index is 2.40. The number of hydrogen-bond donors (Lipinski definition) is 2. The van der Waals surface area contributed by atoms with Crippen molar-refractivity contribution in [2.45, 2.75) is 19.0 Å². The zero-order valence-electron chi connectivity index (χ0n) is 10.8. The average molecular weight is 306 g/mol. The monoisotopic (exact) mass is 306 g/mol. The zero-order chi connectivity index (χ0) is 15.9. The standard InChI is InChI=1S/C12H13F3N2O4/c13-12(14,15)8-2-1-5-17-11(8)21-7-6-16-9(18)3-4-10(19)20/h1-2,5H,3-4,6-7H2,(H,16,18)(H,19,20). The first-order chi connectivity index (χ1) is 9.80. The molecule has 0 aliphatic carbocycles. The molecule has 1 amide bonds. The first-order valence-corrected chi connectivity index (χ1v) is 5.94. The van der Waals surface area contributed by atoms with Crippen molar-refractivity contribution in [3.05, 3.63) is 23.9 Å². The lowest BCUT2D eigenvalue weighted by Crippen LogP contribution is -2.28. The Kier molecular flexibility index (Phi) is 5.94. The molecule has 0 bridgehead atoms. The number of carbonyl (C=O) groups is 2. The largest absolute Gasteiger partial charge is 0.481 e. The third-order valence-corrected chi connectivity index (χ3v) is 2.31. The number of halogens is 3. The van der Waals surface area contributed by atoms with Gasteiger partial charge in [-0.15, -0.1) is 0 Å². The molecule has 9 heteroatoms. The molecule has 2 N–H and O–H groups in total. The van der Waals surface area contributed by atoms with Crippen molar-refractivity contribution in [1.29, 1.82) is 0 Å². The molecule has 21 heavy (non-hydrogen) atoms. The number of alkyl halides is 3. The normalized spacial score (nSPS) is 11.0. The van der Waals surface area contributed by atoms with Gasteiger partial charge >= 0.3 is 12.1 Å². The topological polar surface area (TPSA) is 88.5 Å². The first kappa shape index (κ1) is 16.7. The predicted octanol–water partition coefficient (Wildman–Crippen LogP) is 1.46. The Hall–Kier alpha value is -2.32. The van der Waals surface area contributed by atoms with Crippen LogP contribution in [0.4, 0.5) is 13.2 Å². The van der Waals surface area contributed by atoms with E-state index in [0.717, 1.165) is 18.3 Å². The predicted molar refractivity (Wildman–Crippen MR) is 64.6 cm³/mol. The summed E-state index contributed by atoms with van der Waals surface area (Å²) in [5.74, 6) is -2.19. The average Bonchev–Trinajstić information content (AvgIpc) is 2.40. The van der Waals surface area contributed by atoms with Gasteiger partial charge in [-0.2, -0.15) is 13.2 Å². The van der Waals surface area contributed by atoms with Crippen molar-refractivity contribution in [2.75, 3.05) is 13.2 Å². The summed E-state index contributed by atoms with van der Waals surface area (Å²) >= 11 is 0. The zero-order valence-corrected chi connectivity index (χ0v) is 10.8. The summed E-state index contributed by atoms with van der Waals surface area (Å²) in [4.78, 5) is 24.9. The van der Waals surface area contributed by atoms with Crippen molar-refractivity contribution in [2.24, 2.45) is 0 Å². The molecule has 0 aliphatic heterocycles. The third-order valence-electron chi connectivity index (χ3n) is 2.31. The second kappa shape index (κ2) is 7.46. The fraction of sp³-hybridized carbons (Fsp3) is 0.417. The van der Waals surface area contributed by atoms with Gasteiger partial charge in [-0.25, -0.2) is 4.98 Å². The maximum Gasteiger partial charge on any atom is 0.421 e. The van der Waals surface area contributed by atoms with Crippen LogP contribution in [0.15, 0.2) is 18.3 Å². The fourth-order valence-corrected chi connectivity index (χ4v) is 1.37. The molecule has 1 heterocycles. The summed E-state index contributed by atoms with van der Waals surface area (Å²) in [6.45, 7) is -0.259. The maximum atomic E-state index is 12.6. The minimum absolute atomic E-state index is 0.0493. The van der Waals surface area contributed by atoms with Gasteiger partial charge in [-0.3, -0.25) is 9.59 Å². The van der Waals surface area contributed by atoms with Crippen LogP contribution < -0.4 is 10.1 Å². The van der Waals surface area contributed by atoms with Gasteiger partial charge < -0.3 is 15.2 Å². The molecular formula is C12H13F3N2O4. The molecule has 0 radical (unpaired) electrons.